The number of thiophene rings is 1. The van der Waals surface area contributed by atoms with Gasteiger partial charge in [-0.25, -0.2) is 9.78 Å². The van der Waals surface area contributed by atoms with Crippen molar-refractivity contribution in [3.05, 3.63) is 56.9 Å². The van der Waals surface area contributed by atoms with Crippen molar-refractivity contribution in [3.63, 3.8) is 0 Å². The minimum absolute atomic E-state index is 0.202. The second kappa shape index (κ2) is 8.73. The molecule has 10 heteroatoms. The Balaban J connectivity index is 1.69. The van der Waals surface area contributed by atoms with Crippen LogP contribution in [-0.4, -0.2) is 28.9 Å². The van der Waals surface area contributed by atoms with E-state index in [-0.39, 0.29) is 5.56 Å². The standard InChI is InChI=1S/C19H16ClN3O4S2/c1-9-14(29-17(22-9)11-3-5-12(20)6-4-11)19(26)27-10(2)16(25)23-18-13(15(21)24)7-8-28-18/h3-8,10H,1-2H3,(H2,21,24)(H,23,25). The van der Waals surface area contributed by atoms with Crippen LogP contribution >= 0.6 is 34.3 Å². The smallest absolute Gasteiger partial charge is 0.351 e. The van der Waals surface area contributed by atoms with E-state index in [1.165, 1.54) is 24.3 Å². The van der Waals surface area contributed by atoms with E-state index < -0.39 is 23.9 Å². The quantitative estimate of drug-likeness (QED) is 0.550. The third-order valence-corrected chi connectivity index (χ3v) is 6.16. The number of aryl methyl sites for hydroxylation is 1. The molecule has 0 aliphatic carbocycles. The number of halogens is 1. The molecule has 1 aromatic carbocycles. The fraction of sp³-hybridized carbons (Fsp3) is 0.158. The Hall–Kier alpha value is -2.75. The van der Waals surface area contributed by atoms with Crippen molar-refractivity contribution in [1.29, 1.82) is 0 Å². The Labute approximate surface area is 179 Å². The van der Waals surface area contributed by atoms with E-state index in [1.54, 1.807) is 24.4 Å². The lowest BCUT2D eigenvalue weighted by Gasteiger charge is -2.12. The van der Waals surface area contributed by atoms with Crippen molar-refractivity contribution < 1.29 is 19.1 Å². The first-order chi connectivity index (χ1) is 13.8. The predicted octanol–water partition coefficient (Wildman–Crippen LogP) is 4.12. The summed E-state index contributed by atoms with van der Waals surface area (Å²) in [5.41, 5.74) is 6.79. The van der Waals surface area contributed by atoms with Gasteiger partial charge in [0.25, 0.3) is 11.8 Å². The number of nitrogens with one attached hydrogen (secondary N) is 1. The molecule has 29 heavy (non-hydrogen) atoms. The van der Waals surface area contributed by atoms with E-state index in [0.29, 0.717) is 25.6 Å². The number of amides is 2. The van der Waals surface area contributed by atoms with Crippen molar-refractivity contribution in [1.82, 2.24) is 4.98 Å². The van der Waals surface area contributed by atoms with E-state index in [1.807, 2.05) is 12.1 Å². The molecule has 0 fully saturated rings. The van der Waals surface area contributed by atoms with Crippen LogP contribution in [0.25, 0.3) is 10.6 Å². The maximum Gasteiger partial charge on any atom is 0.351 e. The fourth-order valence-electron chi connectivity index (χ4n) is 2.38. The fourth-order valence-corrected chi connectivity index (χ4v) is 4.26. The van der Waals surface area contributed by atoms with E-state index in [2.05, 4.69) is 10.3 Å². The van der Waals surface area contributed by atoms with Crippen LogP contribution in [0.1, 0.15) is 32.6 Å². The van der Waals surface area contributed by atoms with Gasteiger partial charge in [0.05, 0.1) is 11.3 Å². The highest BCUT2D eigenvalue weighted by atomic mass is 35.5. The average Bonchev–Trinajstić information content (AvgIpc) is 3.29. The molecular weight excluding hydrogens is 434 g/mol. The Morgan fingerprint density at radius 1 is 1.21 bits per heavy atom. The Morgan fingerprint density at radius 3 is 2.55 bits per heavy atom. The lowest BCUT2D eigenvalue weighted by molar-refractivity contribution is -0.123. The van der Waals surface area contributed by atoms with E-state index in [4.69, 9.17) is 22.1 Å². The third-order valence-electron chi connectivity index (χ3n) is 3.89. The molecule has 2 aromatic heterocycles. The first kappa shape index (κ1) is 21.0. The molecular formula is C19H16ClN3O4S2. The molecule has 3 rings (SSSR count). The van der Waals surface area contributed by atoms with Crippen molar-refractivity contribution in [3.8, 4) is 10.6 Å². The van der Waals surface area contributed by atoms with Crippen LogP contribution in [0.2, 0.25) is 5.02 Å². The molecule has 0 saturated carbocycles. The number of ether oxygens (including phenoxy) is 1. The summed E-state index contributed by atoms with van der Waals surface area (Å²) >= 11 is 8.22. The number of primary amides is 1. The van der Waals surface area contributed by atoms with Gasteiger partial charge in [-0.15, -0.1) is 22.7 Å². The molecule has 2 heterocycles. The van der Waals surface area contributed by atoms with E-state index in [9.17, 15) is 14.4 Å². The third kappa shape index (κ3) is 4.81. The van der Waals surface area contributed by atoms with Crippen LogP contribution in [0.15, 0.2) is 35.7 Å². The molecule has 0 aliphatic rings. The summed E-state index contributed by atoms with van der Waals surface area (Å²) in [4.78, 5) is 40.9. The molecule has 0 spiro atoms. The molecule has 150 valence electrons. The van der Waals surface area contributed by atoms with Gasteiger partial charge in [0.1, 0.15) is 14.9 Å². The first-order valence-electron chi connectivity index (χ1n) is 8.38. The second-order valence-electron chi connectivity index (χ2n) is 6.00. The lowest BCUT2D eigenvalue weighted by atomic mass is 10.2. The molecule has 1 unspecified atom stereocenters. The number of anilines is 1. The number of hydrogen-bond acceptors (Lipinski definition) is 7. The molecule has 0 radical (unpaired) electrons. The summed E-state index contributed by atoms with van der Waals surface area (Å²) in [5.74, 6) is -1.87. The summed E-state index contributed by atoms with van der Waals surface area (Å²) in [6, 6.07) is 8.61. The zero-order valence-electron chi connectivity index (χ0n) is 15.4. The van der Waals surface area contributed by atoms with Gasteiger partial charge in [0, 0.05) is 10.6 Å². The number of hydrogen-bond donors (Lipinski definition) is 2. The second-order valence-corrected chi connectivity index (χ2v) is 8.36. The molecule has 1 atom stereocenters. The highest BCUT2D eigenvalue weighted by Crippen LogP contribution is 2.29. The highest BCUT2D eigenvalue weighted by Gasteiger charge is 2.24. The SMILES string of the molecule is Cc1nc(-c2ccc(Cl)cc2)sc1C(=O)OC(C)C(=O)Nc1sccc1C(N)=O. The number of carbonyl (C=O) groups is 3. The number of thiazole rings is 1. The van der Waals surface area contributed by atoms with Crippen LogP contribution in [0, 0.1) is 6.92 Å². The zero-order valence-corrected chi connectivity index (χ0v) is 17.8. The summed E-state index contributed by atoms with van der Waals surface area (Å²) < 4.78 is 5.28. The van der Waals surface area contributed by atoms with E-state index in [0.717, 1.165) is 16.9 Å². The van der Waals surface area contributed by atoms with Gasteiger partial charge >= 0.3 is 5.97 Å². The average molecular weight is 450 g/mol. The van der Waals surface area contributed by atoms with Crippen LogP contribution in [0.5, 0.6) is 0 Å². The normalized spacial score (nSPS) is 11.7. The molecule has 3 N–H and O–H groups in total. The van der Waals surface area contributed by atoms with Gasteiger partial charge in [0.15, 0.2) is 6.10 Å². The van der Waals surface area contributed by atoms with Gasteiger partial charge in [0.2, 0.25) is 0 Å². The number of rotatable bonds is 6. The Bertz CT molecular complexity index is 1080. The molecule has 3 aromatic rings. The lowest BCUT2D eigenvalue weighted by Crippen LogP contribution is -2.30. The van der Waals surface area contributed by atoms with Gasteiger partial charge < -0.3 is 15.8 Å². The minimum atomic E-state index is -1.08. The number of nitrogens with zero attached hydrogens (tertiary/aromatic N) is 1. The highest BCUT2D eigenvalue weighted by molar-refractivity contribution is 7.17. The molecule has 0 saturated heterocycles. The Morgan fingerprint density at radius 2 is 1.90 bits per heavy atom. The predicted molar refractivity (Wildman–Crippen MR) is 114 cm³/mol. The van der Waals surface area contributed by atoms with Crippen molar-refractivity contribution in [2.45, 2.75) is 20.0 Å². The molecule has 2 amide bonds. The number of esters is 1. The van der Waals surface area contributed by atoms with Crippen LogP contribution in [0.4, 0.5) is 5.00 Å². The topological polar surface area (TPSA) is 111 Å². The van der Waals surface area contributed by atoms with Gasteiger partial charge in [-0.1, -0.05) is 23.7 Å². The molecule has 0 bridgehead atoms. The molecule has 0 aliphatic heterocycles. The van der Waals surface area contributed by atoms with Gasteiger partial charge in [-0.05, 0) is 37.4 Å². The van der Waals surface area contributed by atoms with Crippen molar-refractivity contribution in [2.24, 2.45) is 5.73 Å². The monoisotopic (exact) mass is 449 g/mol. The number of benzene rings is 1. The summed E-state index contributed by atoms with van der Waals surface area (Å²) in [6.45, 7) is 3.14. The maximum atomic E-state index is 12.5. The summed E-state index contributed by atoms with van der Waals surface area (Å²) in [6.07, 6.45) is -1.08. The first-order valence-corrected chi connectivity index (χ1v) is 10.5. The Kier molecular flexibility index (Phi) is 6.31. The van der Waals surface area contributed by atoms with Crippen molar-refractivity contribution >= 4 is 57.1 Å². The van der Waals surface area contributed by atoms with E-state index >= 15 is 0 Å². The van der Waals surface area contributed by atoms with Crippen molar-refractivity contribution in [2.75, 3.05) is 5.32 Å². The van der Waals surface area contributed by atoms with Crippen LogP contribution in [-0.2, 0) is 9.53 Å². The maximum absolute atomic E-state index is 12.5. The van der Waals surface area contributed by atoms with Crippen LogP contribution in [0.3, 0.4) is 0 Å². The number of nitrogens with two attached hydrogens (primary N) is 1. The zero-order chi connectivity index (χ0) is 21.1. The number of carbonyl (C=O) groups excluding carboxylic acids is 3. The largest absolute Gasteiger partial charge is 0.448 e. The van der Waals surface area contributed by atoms with Gasteiger partial charge in [-0.2, -0.15) is 0 Å². The van der Waals surface area contributed by atoms with Crippen LogP contribution < -0.4 is 11.1 Å². The molecule has 7 nitrogen and oxygen atoms in total. The summed E-state index contributed by atoms with van der Waals surface area (Å²) in [7, 11) is 0. The van der Waals surface area contributed by atoms with Gasteiger partial charge in [-0.3, -0.25) is 9.59 Å². The number of aromatic nitrogens is 1. The summed E-state index contributed by atoms with van der Waals surface area (Å²) in [5, 5.41) is 5.75. The minimum Gasteiger partial charge on any atom is -0.448 e.